The van der Waals surface area contributed by atoms with E-state index in [1.54, 1.807) is 0 Å². The Kier molecular flexibility index (Phi) is 5.67. The van der Waals surface area contributed by atoms with Crippen molar-refractivity contribution in [2.45, 2.75) is 70.0 Å². The first-order valence-electron chi connectivity index (χ1n) is 10.5. The monoisotopic (exact) mass is 369 g/mol. The maximum Gasteiger partial charge on any atom is 0.315 e. The second-order valence-electron chi connectivity index (χ2n) is 8.13. The number of carbonyl (C=O) groups is 1. The number of amides is 2. The van der Waals surface area contributed by atoms with Crippen LogP contribution in [0.2, 0.25) is 0 Å². The molecule has 2 heterocycles. The summed E-state index contributed by atoms with van der Waals surface area (Å²) in [7, 11) is 0. The van der Waals surface area contributed by atoms with Gasteiger partial charge in [-0.2, -0.15) is 0 Å². The molecular formula is C22H31N3O2. The Morgan fingerprint density at radius 2 is 1.85 bits per heavy atom. The summed E-state index contributed by atoms with van der Waals surface area (Å²) in [6.45, 7) is 4.17. The van der Waals surface area contributed by atoms with E-state index >= 15 is 0 Å². The molecule has 2 amide bonds. The number of furan rings is 1. The fourth-order valence-electron chi connectivity index (χ4n) is 4.57. The molecule has 1 saturated carbocycles. The molecule has 1 atom stereocenters. The fraction of sp³-hybridized carbons (Fsp3) is 0.591. The van der Waals surface area contributed by atoms with E-state index in [4.69, 9.17) is 4.42 Å². The number of piperidine rings is 1. The molecule has 2 fully saturated rings. The molecule has 1 aromatic heterocycles. The highest BCUT2D eigenvalue weighted by atomic mass is 16.3. The number of benzene rings is 1. The highest BCUT2D eigenvalue weighted by Crippen LogP contribution is 2.26. The molecule has 1 aromatic carbocycles. The molecule has 146 valence electrons. The van der Waals surface area contributed by atoms with Crippen molar-refractivity contribution in [3.05, 3.63) is 36.1 Å². The van der Waals surface area contributed by atoms with Gasteiger partial charge in [0.05, 0.1) is 6.04 Å². The van der Waals surface area contributed by atoms with Crippen LogP contribution >= 0.6 is 0 Å². The molecule has 0 bridgehead atoms. The minimum absolute atomic E-state index is 0.0981. The van der Waals surface area contributed by atoms with Crippen LogP contribution in [0, 0.1) is 0 Å². The number of likely N-dealkylation sites (tertiary alicyclic amines) is 1. The Labute approximate surface area is 161 Å². The van der Waals surface area contributed by atoms with Crippen LogP contribution in [0.15, 0.2) is 34.7 Å². The molecule has 5 nitrogen and oxygen atoms in total. The Hall–Kier alpha value is -2.01. The maximum absolute atomic E-state index is 12.4. The molecule has 1 saturated heterocycles. The van der Waals surface area contributed by atoms with E-state index in [0.29, 0.717) is 0 Å². The zero-order valence-electron chi connectivity index (χ0n) is 16.2. The van der Waals surface area contributed by atoms with E-state index in [9.17, 15) is 4.79 Å². The smallest absolute Gasteiger partial charge is 0.315 e. The summed E-state index contributed by atoms with van der Waals surface area (Å²) in [6.07, 6.45) is 8.96. The summed E-state index contributed by atoms with van der Waals surface area (Å²) in [6, 6.07) is 10.7. The number of carbonyl (C=O) groups excluding carboxylic acids is 1. The average molecular weight is 370 g/mol. The molecule has 0 radical (unpaired) electrons. The second kappa shape index (κ2) is 8.34. The number of para-hydroxylation sites is 1. The van der Waals surface area contributed by atoms with E-state index in [1.807, 2.05) is 37.3 Å². The topological polar surface area (TPSA) is 57.5 Å². The lowest BCUT2D eigenvalue weighted by Crippen LogP contribution is -2.50. The molecule has 5 heteroatoms. The second-order valence-corrected chi connectivity index (χ2v) is 8.13. The molecule has 27 heavy (non-hydrogen) atoms. The fourth-order valence-corrected chi connectivity index (χ4v) is 4.57. The van der Waals surface area contributed by atoms with Crippen LogP contribution in [-0.4, -0.2) is 36.1 Å². The van der Waals surface area contributed by atoms with Crippen LogP contribution in [-0.2, 0) is 0 Å². The van der Waals surface area contributed by atoms with Gasteiger partial charge in [-0.15, -0.1) is 0 Å². The zero-order chi connectivity index (χ0) is 18.6. The van der Waals surface area contributed by atoms with E-state index in [-0.39, 0.29) is 18.1 Å². The summed E-state index contributed by atoms with van der Waals surface area (Å²) >= 11 is 0. The summed E-state index contributed by atoms with van der Waals surface area (Å²) in [4.78, 5) is 15.1. The zero-order valence-corrected chi connectivity index (χ0v) is 16.2. The number of rotatable bonds is 4. The first kappa shape index (κ1) is 18.4. The van der Waals surface area contributed by atoms with Gasteiger partial charge in [0.25, 0.3) is 0 Å². The normalized spacial score (nSPS) is 21.2. The van der Waals surface area contributed by atoms with Crippen molar-refractivity contribution in [3.63, 3.8) is 0 Å². The minimum atomic E-state index is -0.153. The van der Waals surface area contributed by atoms with Crippen molar-refractivity contribution in [2.24, 2.45) is 0 Å². The molecule has 1 aliphatic heterocycles. The number of nitrogens with zero attached hydrogens (tertiary/aromatic N) is 1. The van der Waals surface area contributed by atoms with Crippen LogP contribution in [0.4, 0.5) is 4.79 Å². The van der Waals surface area contributed by atoms with Crippen molar-refractivity contribution < 1.29 is 9.21 Å². The number of fused-ring (bicyclic) bond motifs is 1. The van der Waals surface area contributed by atoms with Gasteiger partial charge in [0.2, 0.25) is 0 Å². The largest absolute Gasteiger partial charge is 0.459 e. The van der Waals surface area contributed by atoms with Gasteiger partial charge in [-0.25, -0.2) is 4.79 Å². The molecule has 0 unspecified atom stereocenters. The molecule has 1 aliphatic carbocycles. The van der Waals surface area contributed by atoms with Gasteiger partial charge in [-0.3, -0.25) is 0 Å². The SMILES string of the molecule is C[C@H](NC(=O)NC1CCN(C2CCCCC2)CC1)c1cc2ccccc2o1. The average Bonchev–Trinajstić information content (AvgIpc) is 3.14. The van der Waals surface area contributed by atoms with Gasteiger partial charge in [0.15, 0.2) is 0 Å². The molecule has 2 N–H and O–H groups in total. The van der Waals surface area contributed by atoms with Gasteiger partial charge >= 0.3 is 6.03 Å². The van der Waals surface area contributed by atoms with E-state index in [1.165, 1.54) is 32.1 Å². The number of hydrogen-bond donors (Lipinski definition) is 2. The first-order valence-corrected chi connectivity index (χ1v) is 10.5. The number of hydrogen-bond acceptors (Lipinski definition) is 3. The van der Waals surface area contributed by atoms with E-state index in [0.717, 1.165) is 48.7 Å². The third-order valence-electron chi connectivity index (χ3n) is 6.17. The van der Waals surface area contributed by atoms with Crippen molar-refractivity contribution in [1.29, 1.82) is 0 Å². The molecule has 2 aliphatic rings. The minimum Gasteiger partial charge on any atom is -0.459 e. The lowest BCUT2D eigenvalue weighted by Gasteiger charge is -2.39. The van der Waals surface area contributed by atoms with Crippen molar-refractivity contribution in [1.82, 2.24) is 15.5 Å². The van der Waals surface area contributed by atoms with Crippen LogP contribution in [0.3, 0.4) is 0 Å². The Morgan fingerprint density at radius 1 is 1.11 bits per heavy atom. The Balaban J connectivity index is 1.24. The Bertz CT molecular complexity index is 725. The van der Waals surface area contributed by atoms with Crippen LogP contribution in [0.1, 0.15) is 63.7 Å². The van der Waals surface area contributed by atoms with E-state index in [2.05, 4.69) is 15.5 Å². The van der Waals surface area contributed by atoms with Crippen molar-refractivity contribution in [2.75, 3.05) is 13.1 Å². The van der Waals surface area contributed by atoms with Crippen molar-refractivity contribution in [3.8, 4) is 0 Å². The molecule has 0 spiro atoms. The number of urea groups is 1. The molecule has 4 rings (SSSR count). The standard InChI is InChI=1S/C22H31N3O2/c1-16(21-15-17-7-5-6-10-20(17)27-21)23-22(26)24-18-11-13-25(14-12-18)19-8-3-2-4-9-19/h5-7,10,15-16,18-19H,2-4,8-9,11-14H2,1H3,(H2,23,24,26)/t16-/m0/s1. The first-order chi connectivity index (χ1) is 13.2. The lowest BCUT2D eigenvalue weighted by molar-refractivity contribution is 0.117. The van der Waals surface area contributed by atoms with Crippen molar-refractivity contribution >= 4 is 17.0 Å². The highest BCUT2D eigenvalue weighted by molar-refractivity contribution is 5.78. The highest BCUT2D eigenvalue weighted by Gasteiger charge is 2.27. The summed E-state index contributed by atoms with van der Waals surface area (Å²) in [5.41, 5.74) is 0.858. The Morgan fingerprint density at radius 3 is 2.59 bits per heavy atom. The third-order valence-corrected chi connectivity index (χ3v) is 6.17. The van der Waals surface area contributed by atoms with Gasteiger partial charge in [-0.1, -0.05) is 37.5 Å². The molecule has 2 aromatic rings. The number of nitrogens with one attached hydrogen (secondary N) is 2. The van der Waals surface area contributed by atoms with Gasteiger partial charge in [0, 0.05) is 30.6 Å². The summed E-state index contributed by atoms with van der Waals surface area (Å²) < 4.78 is 5.85. The third kappa shape index (κ3) is 4.46. The van der Waals surface area contributed by atoms with Gasteiger partial charge < -0.3 is 20.0 Å². The van der Waals surface area contributed by atoms with Gasteiger partial charge in [0.1, 0.15) is 11.3 Å². The molecular weight excluding hydrogens is 338 g/mol. The quantitative estimate of drug-likeness (QED) is 0.829. The van der Waals surface area contributed by atoms with Crippen LogP contribution < -0.4 is 10.6 Å². The summed E-state index contributed by atoms with van der Waals surface area (Å²) in [5.74, 6) is 0.790. The van der Waals surface area contributed by atoms with E-state index < -0.39 is 0 Å². The van der Waals surface area contributed by atoms with Crippen LogP contribution in [0.25, 0.3) is 11.0 Å². The van der Waals surface area contributed by atoms with Gasteiger partial charge in [-0.05, 0) is 44.7 Å². The predicted octanol–water partition coefficient (Wildman–Crippen LogP) is 4.59. The maximum atomic E-state index is 12.4. The van der Waals surface area contributed by atoms with Crippen LogP contribution in [0.5, 0.6) is 0 Å². The lowest BCUT2D eigenvalue weighted by atomic mass is 9.92. The predicted molar refractivity (Wildman–Crippen MR) is 108 cm³/mol. The summed E-state index contributed by atoms with van der Waals surface area (Å²) in [5, 5.41) is 7.25.